The summed E-state index contributed by atoms with van der Waals surface area (Å²) in [6.45, 7) is 5.82. The van der Waals surface area contributed by atoms with Gasteiger partial charge in [-0.25, -0.2) is 0 Å². The maximum atomic E-state index is 12.1. The van der Waals surface area contributed by atoms with E-state index in [9.17, 15) is 4.79 Å². The van der Waals surface area contributed by atoms with Crippen LogP contribution in [0, 0.1) is 12.8 Å². The Hall–Kier alpha value is -1.35. The molecule has 3 heteroatoms. The third kappa shape index (κ3) is 3.80. The highest BCUT2D eigenvalue weighted by Gasteiger charge is 2.27. The Labute approximate surface area is 115 Å². The Balaban J connectivity index is 1.80. The van der Waals surface area contributed by atoms with Crippen LogP contribution in [0.15, 0.2) is 24.3 Å². The van der Waals surface area contributed by atoms with E-state index >= 15 is 0 Å². The molecule has 1 aromatic carbocycles. The molecule has 0 bridgehead atoms. The first kappa shape index (κ1) is 14.1. The van der Waals surface area contributed by atoms with E-state index in [1.165, 1.54) is 11.1 Å². The predicted molar refractivity (Wildman–Crippen MR) is 77.8 cm³/mol. The Morgan fingerprint density at radius 3 is 2.68 bits per heavy atom. The molecule has 0 aromatic heterocycles. The quantitative estimate of drug-likeness (QED) is 0.901. The fourth-order valence-electron chi connectivity index (χ4n) is 2.61. The number of hydrogen-bond donors (Lipinski definition) is 1. The highest BCUT2D eigenvalue weighted by atomic mass is 16.2. The Kier molecular flexibility index (Phi) is 4.59. The molecule has 2 atom stereocenters. The number of carbonyl (C=O) groups is 1. The zero-order chi connectivity index (χ0) is 13.8. The van der Waals surface area contributed by atoms with Crippen molar-refractivity contribution in [3.8, 4) is 0 Å². The number of likely N-dealkylation sites (tertiary alicyclic amines) is 1. The third-order valence-electron chi connectivity index (χ3n) is 4.07. The maximum absolute atomic E-state index is 12.1. The van der Waals surface area contributed by atoms with Gasteiger partial charge in [0.05, 0.1) is 0 Å². The van der Waals surface area contributed by atoms with Crippen LogP contribution in [0.3, 0.4) is 0 Å². The molecular formula is C16H24N2O. The number of benzene rings is 1. The van der Waals surface area contributed by atoms with Crippen molar-refractivity contribution in [3.63, 3.8) is 0 Å². The highest BCUT2D eigenvalue weighted by Crippen LogP contribution is 2.19. The van der Waals surface area contributed by atoms with Crippen molar-refractivity contribution < 1.29 is 4.79 Å². The molecule has 2 N–H and O–H groups in total. The van der Waals surface area contributed by atoms with Gasteiger partial charge in [-0.3, -0.25) is 4.79 Å². The van der Waals surface area contributed by atoms with Gasteiger partial charge in [-0.1, -0.05) is 29.8 Å². The molecule has 1 aliphatic heterocycles. The number of rotatable bonds is 4. The number of hydrogen-bond acceptors (Lipinski definition) is 2. The van der Waals surface area contributed by atoms with E-state index in [1.54, 1.807) is 0 Å². The zero-order valence-electron chi connectivity index (χ0n) is 11.9. The van der Waals surface area contributed by atoms with Gasteiger partial charge in [-0.05, 0) is 38.2 Å². The molecular weight excluding hydrogens is 236 g/mol. The van der Waals surface area contributed by atoms with E-state index in [2.05, 4.69) is 31.2 Å². The summed E-state index contributed by atoms with van der Waals surface area (Å²) < 4.78 is 0. The third-order valence-corrected chi connectivity index (χ3v) is 4.07. The smallest absolute Gasteiger partial charge is 0.222 e. The van der Waals surface area contributed by atoms with Gasteiger partial charge in [0.15, 0.2) is 0 Å². The average molecular weight is 260 g/mol. The van der Waals surface area contributed by atoms with Crippen LogP contribution in [0.25, 0.3) is 0 Å². The van der Waals surface area contributed by atoms with Crippen molar-refractivity contribution in [2.75, 3.05) is 13.1 Å². The van der Waals surface area contributed by atoms with E-state index in [1.807, 2.05) is 11.8 Å². The lowest BCUT2D eigenvalue weighted by atomic mass is 10.0. The minimum absolute atomic E-state index is 0.190. The Morgan fingerprint density at radius 2 is 2.11 bits per heavy atom. The summed E-state index contributed by atoms with van der Waals surface area (Å²) in [5, 5.41) is 0. The van der Waals surface area contributed by atoms with Crippen LogP contribution in [-0.4, -0.2) is 29.9 Å². The molecule has 0 aliphatic carbocycles. The molecule has 0 saturated carbocycles. The molecule has 1 saturated heterocycles. The summed E-state index contributed by atoms with van der Waals surface area (Å²) in [5.74, 6) is 0.743. The summed E-state index contributed by atoms with van der Waals surface area (Å²) in [6, 6.07) is 8.60. The molecule has 19 heavy (non-hydrogen) atoms. The van der Waals surface area contributed by atoms with Crippen LogP contribution < -0.4 is 5.73 Å². The molecule has 1 aromatic rings. The van der Waals surface area contributed by atoms with Crippen LogP contribution in [-0.2, 0) is 11.2 Å². The van der Waals surface area contributed by atoms with Gasteiger partial charge in [0.1, 0.15) is 0 Å². The number of aryl methyl sites for hydroxylation is 2. The fourth-order valence-corrected chi connectivity index (χ4v) is 2.61. The van der Waals surface area contributed by atoms with Crippen LogP contribution in [0.4, 0.5) is 0 Å². The summed E-state index contributed by atoms with van der Waals surface area (Å²) in [6.07, 6.45) is 2.49. The van der Waals surface area contributed by atoms with Crippen molar-refractivity contribution in [1.82, 2.24) is 4.90 Å². The topological polar surface area (TPSA) is 46.3 Å². The summed E-state index contributed by atoms with van der Waals surface area (Å²) >= 11 is 0. The van der Waals surface area contributed by atoms with Crippen LogP contribution in [0.2, 0.25) is 0 Å². The Bertz CT molecular complexity index is 425. The average Bonchev–Trinajstić information content (AvgIpc) is 2.87. The van der Waals surface area contributed by atoms with Crippen molar-refractivity contribution in [3.05, 3.63) is 35.4 Å². The molecule has 3 nitrogen and oxygen atoms in total. The van der Waals surface area contributed by atoms with Gasteiger partial charge >= 0.3 is 0 Å². The van der Waals surface area contributed by atoms with Crippen molar-refractivity contribution >= 4 is 5.91 Å². The maximum Gasteiger partial charge on any atom is 0.222 e. The molecule has 0 spiro atoms. The second kappa shape index (κ2) is 6.20. The second-order valence-corrected chi connectivity index (χ2v) is 5.73. The molecule has 1 aliphatic rings. The van der Waals surface area contributed by atoms with E-state index in [4.69, 9.17) is 5.73 Å². The van der Waals surface area contributed by atoms with Gasteiger partial charge < -0.3 is 10.6 Å². The van der Waals surface area contributed by atoms with Gasteiger partial charge in [0.25, 0.3) is 0 Å². The fraction of sp³-hybridized carbons (Fsp3) is 0.562. The Morgan fingerprint density at radius 1 is 1.42 bits per heavy atom. The first-order valence-electron chi connectivity index (χ1n) is 7.15. The second-order valence-electron chi connectivity index (χ2n) is 5.73. The molecule has 2 rings (SSSR count). The predicted octanol–water partition coefficient (Wildman–Crippen LogP) is 2.12. The number of carbonyl (C=O) groups excluding carboxylic acids is 1. The molecule has 1 heterocycles. The normalized spacial score (nSPS) is 20.6. The summed E-state index contributed by atoms with van der Waals surface area (Å²) in [5.41, 5.74) is 8.40. The minimum Gasteiger partial charge on any atom is -0.342 e. The first-order valence-corrected chi connectivity index (χ1v) is 7.15. The molecule has 1 fully saturated rings. The molecule has 1 amide bonds. The van der Waals surface area contributed by atoms with Crippen LogP contribution in [0.5, 0.6) is 0 Å². The minimum atomic E-state index is 0.190. The largest absolute Gasteiger partial charge is 0.342 e. The first-order chi connectivity index (χ1) is 9.06. The number of nitrogens with zero attached hydrogens (tertiary/aromatic N) is 1. The molecule has 104 valence electrons. The van der Waals surface area contributed by atoms with E-state index < -0.39 is 0 Å². The van der Waals surface area contributed by atoms with Crippen LogP contribution in [0.1, 0.15) is 30.9 Å². The van der Waals surface area contributed by atoms with Gasteiger partial charge in [0, 0.05) is 25.6 Å². The van der Waals surface area contributed by atoms with Crippen LogP contribution >= 0.6 is 0 Å². The standard InChI is InChI=1S/C16H24N2O/c1-12-3-5-14(6-4-12)7-8-16(19)18-10-9-15(11-18)13(2)17/h3-6,13,15H,7-11,17H2,1-2H3. The van der Waals surface area contributed by atoms with E-state index in [-0.39, 0.29) is 11.9 Å². The highest BCUT2D eigenvalue weighted by molar-refractivity contribution is 5.76. The monoisotopic (exact) mass is 260 g/mol. The van der Waals surface area contributed by atoms with Gasteiger partial charge in [-0.2, -0.15) is 0 Å². The zero-order valence-corrected chi connectivity index (χ0v) is 11.9. The number of nitrogens with two attached hydrogens (primary N) is 1. The lowest BCUT2D eigenvalue weighted by Gasteiger charge is -2.18. The van der Waals surface area contributed by atoms with Crippen molar-refractivity contribution in [1.29, 1.82) is 0 Å². The lowest BCUT2D eigenvalue weighted by molar-refractivity contribution is -0.130. The van der Waals surface area contributed by atoms with Gasteiger partial charge in [0.2, 0.25) is 5.91 Å². The van der Waals surface area contributed by atoms with Gasteiger partial charge in [-0.15, -0.1) is 0 Å². The molecule has 0 radical (unpaired) electrons. The summed E-state index contributed by atoms with van der Waals surface area (Å²) in [4.78, 5) is 14.1. The lowest BCUT2D eigenvalue weighted by Crippen LogP contribution is -2.33. The van der Waals surface area contributed by atoms with E-state index in [0.29, 0.717) is 12.3 Å². The van der Waals surface area contributed by atoms with E-state index in [0.717, 1.165) is 25.9 Å². The SMILES string of the molecule is Cc1ccc(CCC(=O)N2CCC(C(C)N)C2)cc1. The summed E-state index contributed by atoms with van der Waals surface area (Å²) in [7, 11) is 0. The number of amides is 1. The van der Waals surface area contributed by atoms with Crippen molar-refractivity contribution in [2.45, 2.75) is 39.2 Å². The molecule has 2 unspecified atom stereocenters. The van der Waals surface area contributed by atoms with Crippen molar-refractivity contribution in [2.24, 2.45) is 11.7 Å².